The zero-order valence-electron chi connectivity index (χ0n) is 14.5. The molecule has 2 aromatic heterocycles. The normalized spacial score (nSPS) is 12.0. The van der Waals surface area contributed by atoms with Crippen molar-refractivity contribution in [1.29, 1.82) is 0 Å². The highest BCUT2D eigenvalue weighted by Crippen LogP contribution is 2.22. The third-order valence-corrected chi connectivity index (χ3v) is 3.44. The van der Waals surface area contributed by atoms with Gasteiger partial charge < -0.3 is 21.1 Å². The molecule has 0 spiro atoms. The number of aromatic nitrogens is 5. The van der Waals surface area contributed by atoms with Gasteiger partial charge in [-0.1, -0.05) is 18.2 Å². The SMILES string of the molecule is CC(=O)Oc1ccccc1CNc1nc(NCC(C)N)nc2n[nH]nc12. The first-order chi connectivity index (χ1) is 12.5. The molecule has 3 rings (SSSR count). The van der Waals surface area contributed by atoms with Crippen molar-refractivity contribution >= 4 is 28.9 Å². The molecule has 0 fully saturated rings. The molecule has 3 aromatic rings. The van der Waals surface area contributed by atoms with Crippen LogP contribution in [0.3, 0.4) is 0 Å². The molecule has 5 N–H and O–H groups in total. The van der Waals surface area contributed by atoms with Crippen LogP contribution in [0.5, 0.6) is 5.75 Å². The highest BCUT2D eigenvalue weighted by molar-refractivity contribution is 5.83. The lowest BCUT2D eigenvalue weighted by atomic mass is 10.2. The van der Waals surface area contributed by atoms with Crippen molar-refractivity contribution in [2.45, 2.75) is 26.4 Å². The number of hydrogen-bond acceptors (Lipinski definition) is 9. The van der Waals surface area contributed by atoms with Gasteiger partial charge in [-0.3, -0.25) is 4.79 Å². The topological polar surface area (TPSA) is 144 Å². The number of aromatic amines is 1. The first kappa shape index (κ1) is 17.5. The van der Waals surface area contributed by atoms with E-state index in [1.165, 1.54) is 6.92 Å². The summed E-state index contributed by atoms with van der Waals surface area (Å²) in [5.74, 6) is 1.03. The standard InChI is InChI=1S/C16H20N8O2/c1-9(17)7-19-16-20-14(13-15(21-16)23-24-22-13)18-8-11-5-3-4-6-12(11)26-10(2)25/h3-6,9H,7-8,17H2,1-2H3,(H3,18,19,20,21,22,23,24). The smallest absolute Gasteiger partial charge is 0.308 e. The quantitative estimate of drug-likeness (QED) is 0.360. The number of fused-ring (bicyclic) bond motifs is 1. The molecular weight excluding hydrogens is 336 g/mol. The summed E-state index contributed by atoms with van der Waals surface area (Å²) in [5, 5.41) is 16.9. The number of benzene rings is 1. The van der Waals surface area contributed by atoms with Gasteiger partial charge in [0.05, 0.1) is 0 Å². The van der Waals surface area contributed by atoms with Gasteiger partial charge in [0.25, 0.3) is 0 Å². The van der Waals surface area contributed by atoms with Crippen LogP contribution in [0, 0.1) is 0 Å². The maximum absolute atomic E-state index is 11.2. The highest BCUT2D eigenvalue weighted by atomic mass is 16.5. The number of nitrogens with zero attached hydrogens (tertiary/aromatic N) is 4. The van der Waals surface area contributed by atoms with E-state index in [-0.39, 0.29) is 12.0 Å². The van der Waals surface area contributed by atoms with Gasteiger partial charge in [0.2, 0.25) is 11.6 Å². The third-order valence-electron chi connectivity index (χ3n) is 3.44. The summed E-state index contributed by atoms with van der Waals surface area (Å²) in [6.45, 7) is 4.16. The molecule has 1 aromatic carbocycles. The zero-order chi connectivity index (χ0) is 18.5. The highest BCUT2D eigenvalue weighted by Gasteiger charge is 2.13. The van der Waals surface area contributed by atoms with Crippen LogP contribution in [0.2, 0.25) is 0 Å². The number of nitrogens with one attached hydrogen (secondary N) is 3. The van der Waals surface area contributed by atoms with Crippen LogP contribution in [-0.4, -0.2) is 43.9 Å². The van der Waals surface area contributed by atoms with Gasteiger partial charge in [0, 0.05) is 31.6 Å². The van der Waals surface area contributed by atoms with Gasteiger partial charge in [0.15, 0.2) is 11.3 Å². The van der Waals surface area contributed by atoms with Gasteiger partial charge in [-0.05, 0) is 13.0 Å². The van der Waals surface area contributed by atoms with Crippen molar-refractivity contribution in [3.05, 3.63) is 29.8 Å². The molecule has 26 heavy (non-hydrogen) atoms. The molecule has 1 atom stereocenters. The lowest BCUT2D eigenvalue weighted by Crippen LogP contribution is -2.26. The second-order valence-electron chi connectivity index (χ2n) is 5.80. The van der Waals surface area contributed by atoms with Gasteiger partial charge in [-0.15, -0.1) is 5.10 Å². The maximum Gasteiger partial charge on any atom is 0.308 e. The summed E-state index contributed by atoms with van der Waals surface area (Å²) in [5.41, 5.74) is 7.51. The minimum Gasteiger partial charge on any atom is -0.426 e. The maximum atomic E-state index is 11.2. The third kappa shape index (κ3) is 4.22. The molecular formula is C16H20N8O2. The number of carbonyl (C=O) groups excluding carboxylic acids is 1. The largest absolute Gasteiger partial charge is 0.426 e. The van der Waals surface area contributed by atoms with E-state index in [0.29, 0.717) is 41.8 Å². The molecule has 0 saturated heterocycles. The fraction of sp³-hybridized carbons (Fsp3) is 0.312. The van der Waals surface area contributed by atoms with E-state index in [4.69, 9.17) is 10.5 Å². The van der Waals surface area contributed by atoms with Crippen LogP contribution in [0.1, 0.15) is 19.4 Å². The average molecular weight is 356 g/mol. The Kier molecular flexibility index (Phi) is 5.23. The van der Waals surface area contributed by atoms with Crippen molar-refractivity contribution < 1.29 is 9.53 Å². The number of rotatable bonds is 7. The average Bonchev–Trinajstić information content (AvgIpc) is 3.07. The van der Waals surface area contributed by atoms with Crippen molar-refractivity contribution in [3.8, 4) is 5.75 Å². The van der Waals surface area contributed by atoms with Crippen molar-refractivity contribution in [3.63, 3.8) is 0 Å². The van der Waals surface area contributed by atoms with Crippen LogP contribution in [0.25, 0.3) is 11.2 Å². The van der Waals surface area contributed by atoms with Crippen molar-refractivity contribution in [2.75, 3.05) is 17.2 Å². The number of para-hydroxylation sites is 1. The van der Waals surface area contributed by atoms with Crippen LogP contribution in [0.4, 0.5) is 11.8 Å². The minimum absolute atomic E-state index is 0.0429. The second-order valence-corrected chi connectivity index (χ2v) is 5.80. The first-order valence-corrected chi connectivity index (χ1v) is 8.11. The molecule has 10 nitrogen and oxygen atoms in total. The van der Waals surface area contributed by atoms with E-state index >= 15 is 0 Å². The van der Waals surface area contributed by atoms with Crippen LogP contribution >= 0.6 is 0 Å². The van der Waals surface area contributed by atoms with Crippen molar-refractivity contribution in [2.24, 2.45) is 5.73 Å². The Morgan fingerprint density at radius 2 is 2.08 bits per heavy atom. The van der Waals surface area contributed by atoms with E-state index in [2.05, 4.69) is 36.0 Å². The van der Waals surface area contributed by atoms with E-state index in [1.807, 2.05) is 19.1 Å². The van der Waals surface area contributed by atoms with Gasteiger partial charge in [-0.2, -0.15) is 20.3 Å². The Bertz CT molecular complexity index is 908. The van der Waals surface area contributed by atoms with E-state index in [1.54, 1.807) is 12.1 Å². The predicted octanol–water partition coefficient (Wildman–Crippen LogP) is 1.04. The van der Waals surface area contributed by atoms with E-state index in [9.17, 15) is 4.79 Å². The molecule has 10 heteroatoms. The first-order valence-electron chi connectivity index (χ1n) is 8.11. The molecule has 0 aliphatic rings. The molecule has 2 heterocycles. The Morgan fingerprint density at radius 3 is 2.85 bits per heavy atom. The molecule has 0 amide bonds. The fourth-order valence-electron chi connectivity index (χ4n) is 2.28. The summed E-state index contributed by atoms with van der Waals surface area (Å²) in [6.07, 6.45) is 0. The van der Waals surface area contributed by atoms with Crippen LogP contribution < -0.4 is 21.1 Å². The molecule has 136 valence electrons. The van der Waals surface area contributed by atoms with Crippen LogP contribution in [0.15, 0.2) is 24.3 Å². The van der Waals surface area contributed by atoms with E-state index in [0.717, 1.165) is 5.56 Å². The Morgan fingerprint density at radius 1 is 1.27 bits per heavy atom. The molecule has 0 aliphatic carbocycles. The number of ether oxygens (including phenoxy) is 1. The lowest BCUT2D eigenvalue weighted by molar-refractivity contribution is -0.131. The lowest BCUT2D eigenvalue weighted by Gasteiger charge is -2.12. The van der Waals surface area contributed by atoms with Gasteiger partial charge in [0.1, 0.15) is 5.75 Å². The number of anilines is 2. The number of hydrogen-bond donors (Lipinski definition) is 4. The number of esters is 1. The fourth-order valence-corrected chi connectivity index (χ4v) is 2.28. The molecule has 0 saturated carbocycles. The van der Waals surface area contributed by atoms with E-state index < -0.39 is 0 Å². The predicted molar refractivity (Wildman–Crippen MR) is 96.7 cm³/mol. The molecule has 0 radical (unpaired) electrons. The number of H-pyrrole nitrogens is 1. The summed E-state index contributed by atoms with van der Waals surface area (Å²) >= 11 is 0. The molecule has 0 bridgehead atoms. The summed E-state index contributed by atoms with van der Waals surface area (Å²) < 4.78 is 5.22. The summed E-state index contributed by atoms with van der Waals surface area (Å²) in [7, 11) is 0. The van der Waals surface area contributed by atoms with Crippen LogP contribution in [-0.2, 0) is 11.3 Å². The second kappa shape index (κ2) is 7.74. The monoisotopic (exact) mass is 356 g/mol. The molecule has 0 aliphatic heterocycles. The number of carbonyl (C=O) groups is 1. The van der Waals surface area contributed by atoms with Gasteiger partial charge >= 0.3 is 5.97 Å². The summed E-state index contributed by atoms with van der Waals surface area (Å²) in [6, 6.07) is 7.23. The Hall–Kier alpha value is -3.27. The summed E-state index contributed by atoms with van der Waals surface area (Å²) in [4.78, 5) is 20.0. The number of nitrogens with two attached hydrogens (primary N) is 1. The Labute approximate surface area is 149 Å². The molecule has 1 unspecified atom stereocenters. The van der Waals surface area contributed by atoms with Gasteiger partial charge in [-0.25, -0.2) is 0 Å². The Balaban J connectivity index is 1.82. The minimum atomic E-state index is -0.374. The van der Waals surface area contributed by atoms with Crippen molar-refractivity contribution in [1.82, 2.24) is 25.4 Å². The zero-order valence-corrected chi connectivity index (χ0v) is 14.5.